The van der Waals surface area contributed by atoms with Crippen molar-refractivity contribution in [3.8, 4) is 22.3 Å². The van der Waals surface area contributed by atoms with E-state index in [2.05, 4.69) is 109 Å². The summed E-state index contributed by atoms with van der Waals surface area (Å²) >= 11 is 0. The average Bonchev–Trinajstić information content (AvgIpc) is 2.70. The smallest absolute Gasteiger partial charge is 0.0466 e. The third kappa shape index (κ3) is 3.38. The molecule has 0 heterocycles. The zero-order valence-electron chi connectivity index (χ0n) is 14.8. The first-order valence-corrected chi connectivity index (χ1v) is 8.89. The number of anilines is 2. The summed E-state index contributed by atoms with van der Waals surface area (Å²) in [5, 5.41) is 3.59. The molecule has 4 aromatic carbocycles. The zero-order valence-corrected chi connectivity index (χ0v) is 14.8. The summed E-state index contributed by atoms with van der Waals surface area (Å²) in [6.45, 7) is 2.16. The van der Waals surface area contributed by atoms with Gasteiger partial charge in [-0.15, -0.1) is 0 Å². The van der Waals surface area contributed by atoms with Crippen molar-refractivity contribution in [1.82, 2.24) is 0 Å². The fourth-order valence-corrected chi connectivity index (χ4v) is 3.29. The van der Waals surface area contributed by atoms with Crippen LogP contribution in [0.5, 0.6) is 0 Å². The Hall–Kier alpha value is -3.32. The van der Waals surface area contributed by atoms with Crippen LogP contribution in [-0.2, 0) is 0 Å². The molecule has 26 heavy (non-hydrogen) atoms. The molecule has 0 atom stereocenters. The highest BCUT2D eigenvalue weighted by molar-refractivity contribution is 5.83. The van der Waals surface area contributed by atoms with Crippen LogP contribution >= 0.6 is 0 Å². The molecule has 0 saturated carbocycles. The predicted molar refractivity (Wildman–Crippen MR) is 112 cm³/mol. The molecule has 1 nitrogen and oxygen atoms in total. The van der Waals surface area contributed by atoms with Gasteiger partial charge in [0.05, 0.1) is 0 Å². The van der Waals surface area contributed by atoms with Gasteiger partial charge >= 0.3 is 0 Å². The quantitative estimate of drug-likeness (QED) is 0.420. The monoisotopic (exact) mass is 335 g/mol. The SMILES string of the molecule is Cc1cccc(Nc2ccc(-c3ccccc3)cc2)c1-c1ccccc1. The molecule has 0 aliphatic heterocycles. The van der Waals surface area contributed by atoms with E-state index in [0.29, 0.717) is 0 Å². The Balaban J connectivity index is 1.65. The maximum absolute atomic E-state index is 3.59. The maximum Gasteiger partial charge on any atom is 0.0466 e. The van der Waals surface area contributed by atoms with Crippen molar-refractivity contribution in [3.63, 3.8) is 0 Å². The van der Waals surface area contributed by atoms with Crippen LogP contribution in [0.1, 0.15) is 5.56 Å². The van der Waals surface area contributed by atoms with Crippen molar-refractivity contribution in [2.75, 3.05) is 5.32 Å². The third-order valence-electron chi connectivity index (χ3n) is 4.61. The molecule has 0 fully saturated rings. The van der Waals surface area contributed by atoms with Gasteiger partial charge in [-0.25, -0.2) is 0 Å². The van der Waals surface area contributed by atoms with Crippen LogP contribution in [0.2, 0.25) is 0 Å². The van der Waals surface area contributed by atoms with E-state index in [-0.39, 0.29) is 0 Å². The van der Waals surface area contributed by atoms with Crippen LogP contribution in [-0.4, -0.2) is 0 Å². The highest BCUT2D eigenvalue weighted by atomic mass is 14.9. The molecule has 0 spiro atoms. The first-order chi connectivity index (χ1) is 12.8. The Kier molecular flexibility index (Phi) is 4.53. The second-order valence-corrected chi connectivity index (χ2v) is 6.43. The standard InChI is InChI=1S/C25H21N/c1-19-9-8-14-24(25(19)22-12-6-3-7-13-22)26-23-17-15-21(16-18-23)20-10-4-2-5-11-20/h2-18,26H,1H3. The molecule has 0 radical (unpaired) electrons. The van der Waals surface area contributed by atoms with E-state index >= 15 is 0 Å². The lowest BCUT2D eigenvalue weighted by Gasteiger charge is -2.15. The minimum absolute atomic E-state index is 1.09. The van der Waals surface area contributed by atoms with E-state index in [1.807, 2.05) is 6.07 Å². The Morgan fingerprint density at radius 1 is 0.500 bits per heavy atom. The van der Waals surface area contributed by atoms with Gasteiger partial charge in [-0.3, -0.25) is 0 Å². The summed E-state index contributed by atoms with van der Waals surface area (Å²) in [7, 11) is 0. The van der Waals surface area contributed by atoms with Crippen molar-refractivity contribution in [3.05, 3.63) is 109 Å². The second kappa shape index (κ2) is 7.28. The molecule has 0 aliphatic rings. The molecule has 0 saturated heterocycles. The zero-order chi connectivity index (χ0) is 17.8. The van der Waals surface area contributed by atoms with E-state index in [1.165, 1.54) is 27.8 Å². The largest absolute Gasteiger partial charge is 0.355 e. The fourth-order valence-electron chi connectivity index (χ4n) is 3.29. The van der Waals surface area contributed by atoms with Crippen LogP contribution in [0.3, 0.4) is 0 Å². The highest BCUT2D eigenvalue weighted by Gasteiger charge is 2.08. The highest BCUT2D eigenvalue weighted by Crippen LogP contribution is 2.33. The summed E-state index contributed by atoms with van der Waals surface area (Å²) in [5.41, 5.74) is 8.43. The van der Waals surface area contributed by atoms with Gasteiger partial charge in [0.15, 0.2) is 0 Å². The van der Waals surface area contributed by atoms with Gasteiger partial charge in [0.1, 0.15) is 0 Å². The summed E-state index contributed by atoms with van der Waals surface area (Å²) in [6.07, 6.45) is 0. The second-order valence-electron chi connectivity index (χ2n) is 6.43. The first kappa shape index (κ1) is 16.2. The van der Waals surface area contributed by atoms with Crippen LogP contribution in [0.25, 0.3) is 22.3 Å². The summed E-state index contributed by atoms with van der Waals surface area (Å²) in [5.74, 6) is 0. The van der Waals surface area contributed by atoms with Crippen molar-refractivity contribution >= 4 is 11.4 Å². The number of nitrogens with one attached hydrogen (secondary N) is 1. The molecule has 0 amide bonds. The molecule has 0 aliphatic carbocycles. The molecule has 0 unspecified atom stereocenters. The van der Waals surface area contributed by atoms with E-state index in [9.17, 15) is 0 Å². The van der Waals surface area contributed by atoms with Gasteiger partial charge in [0, 0.05) is 16.9 Å². The van der Waals surface area contributed by atoms with Gasteiger partial charge in [0.2, 0.25) is 0 Å². The van der Waals surface area contributed by atoms with Gasteiger partial charge in [-0.05, 0) is 47.4 Å². The number of benzene rings is 4. The number of hydrogen-bond donors (Lipinski definition) is 1. The molecular weight excluding hydrogens is 314 g/mol. The number of rotatable bonds is 4. The molecule has 1 heteroatoms. The Labute approximate surface area is 155 Å². The van der Waals surface area contributed by atoms with Gasteiger partial charge in [-0.2, -0.15) is 0 Å². The van der Waals surface area contributed by atoms with Gasteiger partial charge in [0.25, 0.3) is 0 Å². The topological polar surface area (TPSA) is 12.0 Å². The maximum atomic E-state index is 3.59. The lowest BCUT2D eigenvalue weighted by Crippen LogP contribution is -1.95. The molecule has 1 N–H and O–H groups in total. The predicted octanol–water partition coefficient (Wildman–Crippen LogP) is 7.07. The summed E-state index contributed by atoms with van der Waals surface area (Å²) in [6, 6.07) is 36.0. The fraction of sp³-hybridized carbons (Fsp3) is 0.0400. The van der Waals surface area contributed by atoms with Crippen molar-refractivity contribution < 1.29 is 0 Å². The number of aryl methyl sites for hydroxylation is 1. The van der Waals surface area contributed by atoms with Gasteiger partial charge in [-0.1, -0.05) is 84.9 Å². The molecular formula is C25H21N. The molecule has 0 aromatic heterocycles. The summed E-state index contributed by atoms with van der Waals surface area (Å²) in [4.78, 5) is 0. The lowest BCUT2D eigenvalue weighted by atomic mass is 9.98. The van der Waals surface area contributed by atoms with Gasteiger partial charge < -0.3 is 5.32 Å². The number of hydrogen-bond acceptors (Lipinski definition) is 1. The Bertz CT molecular complexity index is 987. The van der Waals surface area contributed by atoms with Crippen molar-refractivity contribution in [2.45, 2.75) is 6.92 Å². The average molecular weight is 335 g/mol. The molecule has 4 rings (SSSR count). The minimum Gasteiger partial charge on any atom is -0.355 e. The minimum atomic E-state index is 1.09. The Morgan fingerprint density at radius 2 is 1.08 bits per heavy atom. The van der Waals surface area contributed by atoms with Crippen molar-refractivity contribution in [2.24, 2.45) is 0 Å². The van der Waals surface area contributed by atoms with E-state index in [0.717, 1.165) is 11.4 Å². The van der Waals surface area contributed by atoms with E-state index in [1.54, 1.807) is 0 Å². The van der Waals surface area contributed by atoms with Crippen LogP contribution < -0.4 is 5.32 Å². The van der Waals surface area contributed by atoms with Crippen LogP contribution in [0.15, 0.2) is 103 Å². The van der Waals surface area contributed by atoms with E-state index < -0.39 is 0 Å². The van der Waals surface area contributed by atoms with E-state index in [4.69, 9.17) is 0 Å². The van der Waals surface area contributed by atoms with Crippen LogP contribution in [0, 0.1) is 6.92 Å². The lowest BCUT2D eigenvalue weighted by molar-refractivity contribution is 1.44. The first-order valence-electron chi connectivity index (χ1n) is 8.89. The third-order valence-corrected chi connectivity index (χ3v) is 4.61. The molecule has 4 aromatic rings. The van der Waals surface area contributed by atoms with Crippen LogP contribution in [0.4, 0.5) is 11.4 Å². The molecule has 126 valence electrons. The molecule has 0 bridgehead atoms. The Morgan fingerprint density at radius 3 is 1.73 bits per heavy atom. The summed E-state index contributed by atoms with van der Waals surface area (Å²) < 4.78 is 0. The van der Waals surface area contributed by atoms with Crippen molar-refractivity contribution in [1.29, 1.82) is 0 Å². The normalized spacial score (nSPS) is 10.5.